The fourth-order valence-electron chi connectivity index (χ4n) is 5.88. The first-order chi connectivity index (χ1) is 9.83. The lowest BCUT2D eigenvalue weighted by molar-refractivity contribution is -0.0514. The maximum absolute atomic E-state index is 3.86. The van der Waals surface area contributed by atoms with Crippen LogP contribution in [0.1, 0.15) is 43.9 Å². The van der Waals surface area contributed by atoms with Gasteiger partial charge in [0.25, 0.3) is 0 Å². The Morgan fingerprint density at radius 1 is 1.15 bits per heavy atom. The third kappa shape index (κ3) is 2.35. The Morgan fingerprint density at radius 3 is 2.40 bits per heavy atom. The molecule has 20 heavy (non-hydrogen) atoms. The van der Waals surface area contributed by atoms with E-state index >= 15 is 0 Å². The molecule has 4 fully saturated rings. The zero-order chi connectivity index (χ0) is 13.5. The molecule has 1 heterocycles. The van der Waals surface area contributed by atoms with Crippen molar-refractivity contribution in [1.29, 1.82) is 0 Å². The van der Waals surface area contributed by atoms with E-state index in [9.17, 15) is 0 Å². The van der Waals surface area contributed by atoms with E-state index in [1.807, 2.05) is 11.3 Å². The van der Waals surface area contributed by atoms with E-state index in [-0.39, 0.29) is 0 Å². The molecule has 5 rings (SSSR count). The van der Waals surface area contributed by atoms with Gasteiger partial charge in [0, 0.05) is 10.9 Å². The zero-order valence-corrected chi connectivity index (χ0v) is 13.4. The molecule has 1 aromatic heterocycles. The van der Waals surface area contributed by atoms with Crippen molar-refractivity contribution in [3.63, 3.8) is 0 Å². The molecule has 4 aliphatic rings. The molecule has 4 aliphatic carbocycles. The van der Waals surface area contributed by atoms with E-state index in [4.69, 9.17) is 0 Å². The van der Waals surface area contributed by atoms with E-state index in [1.54, 1.807) is 37.0 Å². The highest BCUT2D eigenvalue weighted by Crippen LogP contribution is 2.57. The quantitative estimate of drug-likeness (QED) is 0.850. The molecule has 1 unspecified atom stereocenters. The van der Waals surface area contributed by atoms with Gasteiger partial charge in [-0.05, 0) is 86.1 Å². The minimum atomic E-state index is 0.730. The predicted octanol–water partition coefficient (Wildman–Crippen LogP) is 4.34. The molecule has 0 aliphatic heterocycles. The molecule has 4 saturated carbocycles. The molecule has 1 nitrogen and oxygen atoms in total. The Hall–Kier alpha value is -0.340. The van der Waals surface area contributed by atoms with Gasteiger partial charge in [-0.2, -0.15) is 0 Å². The maximum atomic E-state index is 3.86. The van der Waals surface area contributed by atoms with Crippen LogP contribution in [0.2, 0.25) is 0 Å². The Kier molecular flexibility index (Phi) is 3.64. The maximum Gasteiger partial charge on any atom is 0.0149 e. The van der Waals surface area contributed by atoms with Crippen LogP contribution in [-0.4, -0.2) is 12.6 Å². The molecule has 0 radical (unpaired) electrons. The van der Waals surface area contributed by atoms with Gasteiger partial charge in [-0.1, -0.05) is 13.0 Å². The monoisotopic (exact) mass is 289 g/mol. The van der Waals surface area contributed by atoms with Crippen molar-refractivity contribution in [2.75, 3.05) is 6.54 Å². The lowest BCUT2D eigenvalue weighted by Crippen LogP contribution is -2.53. The third-order valence-corrected chi connectivity index (χ3v) is 7.13. The van der Waals surface area contributed by atoms with E-state index in [0.29, 0.717) is 0 Å². The molecule has 0 spiro atoms. The Bertz CT molecular complexity index is 410. The van der Waals surface area contributed by atoms with Gasteiger partial charge in [0.05, 0.1) is 0 Å². The Morgan fingerprint density at radius 2 is 1.85 bits per heavy atom. The fourth-order valence-corrected chi connectivity index (χ4v) is 6.64. The number of hydrogen-bond donors (Lipinski definition) is 1. The SMILES string of the molecule is CCNC(Cc1cccs1)C1C2CC3CC(C2)CC1C3. The lowest BCUT2D eigenvalue weighted by Gasteiger charge is -2.56. The van der Waals surface area contributed by atoms with E-state index < -0.39 is 0 Å². The highest BCUT2D eigenvalue weighted by atomic mass is 32.1. The second-order valence-corrected chi connectivity index (χ2v) is 8.49. The largest absolute Gasteiger partial charge is 0.314 e. The summed E-state index contributed by atoms with van der Waals surface area (Å²) in [7, 11) is 0. The lowest BCUT2D eigenvalue weighted by atomic mass is 9.50. The van der Waals surface area contributed by atoms with Crippen LogP contribution in [0.5, 0.6) is 0 Å². The molecule has 1 aromatic rings. The van der Waals surface area contributed by atoms with E-state index in [0.717, 1.165) is 42.2 Å². The summed E-state index contributed by atoms with van der Waals surface area (Å²) in [5.74, 6) is 5.23. The highest BCUT2D eigenvalue weighted by molar-refractivity contribution is 7.09. The second kappa shape index (κ2) is 5.46. The van der Waals surface area contributed by atoms with Crippen molar-refractivity contribution >= 4 is 11.3 Å². The average molecular weight is 289 g/mol. The van der Waals surface area contributed by atoms with Crippen LogP contribution in [-0.2, 0) is 6.42 Å². The van der Waals surface area contributed by atoms with Crippen LogP contribution < -0.4 is 5.32 Å². The first-order valence-electron chi connectivity index (χ1n) is 8.59. The summed E-state index contributed by atoms with van der Waals surface area (Å²) in [4.78, 5) is 1.57. The number of hydrogen-bond acceptors (Lipinski definition) is 2. The van der Waals surface area contributed by atoms with Crippen molar-refractivity contribution in [2.45, 2.75) is 51.5 Å². The standard InChI is InChI=1S/C18H27NS/c1-2-19-17(11-16-4-3-5-20-16)18-14-7-12-6-13(9-14)10-15(18)8-12/h3-5,12-15,17-19H,2,6-11H2,1H3. The average Bonchev–Trinajstić information content (AvgIpc) is 2.90. The first kappa shape index (κ1) is 13.3. The van der Waals surface area contributed by atoms with Crippen LogP contribution in [0.25, 0.3) is 0 Å². The number of rotatable bonds is 5. The van der Waals surface area contributed by atoms with Crippen molar-refractivity contribution in [2.24, 2.45) is 29.6 Å². The molecule has 110 valence electrons. The van der Waals surface area contributed by atoms with Crippen molar-refractivity contribution in [1.82, 2.24) is 5.32 Å². The van der Waals surface area contributed by atoms with Crippen LogP contribution in [0.4, 0.5) is 0 Å². The van der Waals surface area contributed by atoms with Gasteiger partial charge in [-0.25, -0.2) is 0 Å². The van der Waals surface area contributed by atoms with Crippen LogP contribution >= 0.6 is 11.3 Å². The van der Waals surface area contributed by atoms with E-state index in [1.165, 1.54) is 6.42 Å². The predicted molar refractivity (Wildman–Crippen MR) is 86.0 cm³/mol. The molecular formula is C18H27NS. The smallest absolute Gasteiger partial charge is 0.0149 e. The number of likely N-dealkylation sites (N-methyl/N-ethyl adjacent to an activating group) is 1. The van der Waals surface area contributed by atoms with E-state index in [2.05, 4.69) is 29.8 Å². The minimum Gasteiger partial charge on any atom is -0.314 e. The van der Waals surface area contributed by atoms with Crippen molar-refractivity contribution in [3.8, 4) is 0 Å². The topological polar surface area (TPSA) is 12.0 Å². The molecular weight excluding hydrogens is 262 g/mol. The van der Waals surface area contributed by atoms with Gasteiger partial charge >= 0.3 is 0 Å². The molecule has 4 bridgehead atoms. The molecule has 0 aromatic carbocycles. The van der Waals surface area contributed by atoms with Gasteiger partial charge in [-0.3, -0.25) is 0 Å². The van der Waals surface area contributed by atoms with Crippen LogP contribution in [0.3, 0.4) is 0 Å². The zero-order valence-electron chi connectivity index (χ0n) is 12.6. The van der Waals surface area contributed by atoms with Gasteiger partial charge in [0.15, 0.2) is 0 Å². The second-order valence-electron chi connectivity index (χ2n) is 7.46. The van der Waals surface area contributed by atoms with Crippen LogP contribution in [0, 0.1) is 29.6 Å². The normalized spacial score (nSPS) is 40.1. The summed E-state index contributed by atoms with van der Waals surface area (Å²) in [6.07, 6.45) is 9.01. The minimum absolute atomic E-state index is 0.730. The Balaban J connectivity index is 1.53. The van der Waals surface area contributed by atoms with Crippen molar-refractivity contribution < 1.29 is 0 Å². The highest BCUT2D eigenvalue weighted by Gasteiger charge is 2.50. The molecule has 2 heteroatoms. The number of thiophene rings is 1. The molecule has 1 atom stereocenters. The van der Waals surface area contributed by atoms with Gasteiger partial charge in [0.2, 0.25) is 0 Å². The summed E-state index contributed by atoms with van der Waals surface area (Å²) in [6.45, 7) is 3.40. The van der Waals surface area contributed by atoms with Gasteiger partial charge in [0.1, 0.15) is 0 Å². The summed E-state index contributed by atoms with van der Waals surface area (Å²) in [6, 6.07) is 5.26. The van der Waals surface area contributed by atoms with Gasteiger partial charge in [-0.15, -0.1) is 11.3 Å². The summed E-state index contributed by atoms with van der Waals surface area (Å²) in [5.41, 5.74) is 0. The van der Waals surface area contributed by atoms with Crippen molar-refractivity contribution in [3.05, 3.63) is 22.4 Å². The fraction of sp³-hybridized carbons (Fsp3) is 0.778. The Labute approximate surface area is 127 Å². The van der Waals surface area contributed by atoms with Crippen LogP contribution in [0.15, 0.2) is 17.5 Å². The summed E-state index contributed by atoms with van der Waals surface area (Å²) >= 11 is 1.94. The molecule has 1 N–H and O–H groups in total. The number of nitrogens with one attached hydrogen (secondary N) is 1. The summed E-state index contributed by atoms with van der Waals surface area (Å²) < 4.78 is 0. The first-order valence-corrected chi connectivity index (χ1v) is 9.47. The summed E-state index contributed by atoms with van der Waals surface area (Å²) in [5, 5.41) is 6.09. The molecule has 0 saturated heterocycles. The molecule has 0 amide bonds. The third-order valence-electron chi connectivity index (χ3n) is 6.23. The van der Waals surface area contributed by atoms with Gasteiger partial charge < -0.3 is 5.32 Å².